The first-order valence-corrected chi connectivity index (χ1v) is 5.27. The molecule has 0 fully saturated rings. The summed E-state index contributed by atoms with van der Waals surface area (Å²) < 4.78 is 14.9. The highest BCUT2D eigenvalue weighted by Gasteiger charge is 2.15. The molecular formula is C13H12O5. The Morgan fingerprint density at radius 2 is 1.94 bits per heavy atom. The molecule has 0 aliphatic carbocycles. The van der Waals surface area contributed by atoms with Crippen molar-refractivity contribution in [3.8, 4) is 5.75 Å². The van der Waals surface area contributed by atoms with E-state index in [0.717, 1.165) is 0 Å². The molecule has 94 valence electrons. The number of rotatable bonds is 2. The molecule has 0 N–H and O–H groups in total. The van der Waals surface area contributed by atoms with Crippen LogP contribution in [-0.2, 0) is 4.74 Å². The molecule has 5 nitrogen and oxygen atoms in total. The molecule has 1 aromatic heterocycles. The fraction of sp³-hybridized carbons (Fsp3) is 0.231. The lowest BCUT2D eigenvalue weighted by Crippen LogP contribution is -2.07. The van der Waals surface area contributed by atoms with Crippen LogP contribution in [0.5, 0.6) is 5.75 Å². The topological polar surface area (TPSA) is 65.7 Å². The van der Waals surface area contributed by atoms with Gasteiger partial charge in [0.2, 0.25) is 0 Å². The Kier molecular flexibility index (Phi) is 3.06. The minimum absolute atomic E-state index is 0.297. The van der Waals surface area contributed by atoms with Crippen molar-refractivity contribution in [2.24, 2.45) is 0 Å². The molecule has 2 rings (SSSR count). The van der Waals surface area contributed by atoms with Gasteiger partial charge in [0.25, 0.3) is 0 Å². The van der Waals surface area contributed by atoms with E-state index in [1.807, 2.05) is 0 Å². The number of hydrogen-bond acceptors (Lipinski definition) is 5. The zero-order valence-electron chi connectivity index (χ0n) is 10.3. The lowest BCUT2D eigenvalue weighted by Gasteiger charge is -2.07. The molecule has 1 aromatic carbocycles. The first-order chi connectivity index (χ1) is 8.56. The van der Waals surface area contributed by atoms with Gasteiger partial charge in [-0.2, -0.15) is 0 Å². The van der Waals surface area contributed by atoms with E-state index in [4.69, 9.17) is 13.9 Å². The van der Waals surface area contributed by atoms with Gasteiger partial charge in [-0.3, -0.25) is 0 Å². The Morgan fingerprint density at radius 3 is 2.56 bits per heavy atom. The first-order valence-electron chi connectivity index (χ1n) is 5.27. The van der Waals surface area contributed by atoms with Gasteiger partial charge in [0.05, 0.1) is 19.8 Å². The van der Waals surface area contributed by atoms with Crippen LogP contribution in [0.15, 0.2) is 27.4 Å². The van der Waals surface area contributed by atoms with Crippen molar-refractivity contribution in [1.29, 1.82) is 0 Å². The van der Waals surface area contributed by atoms with Crippen LogP contribution in [0.3, 0.4) is 0 Å². The third kappa shape index (κ3) is 1.95. The first kappa shape index (κ1) is 12.2. The molecule has 0 saturated carbocycles. The van der Waals surface area contributed by atoms with Crippen molar-refractivity contribution in [1.82, 2.24) is 0 Å². The third-order valence-corrected chi connectivity index (χ3v) is 2.64. The number of aryl methyl sites for hydroxylation is 1. The largest absolute Gasteiger partial charge is 0.497 e. The van der Waals surface area contributed by atoms with Crippen LogP contribution in [-0.4, -0.2) is 20.2 Å². The summed E-state index contributed by atoms with van der Waals surface area (Å²) in [5, 5.41) is 0.528. The summed E-state index contributed by atoms with van der Waals surface area (Å²) in [7, 11) is 2.76. The van der Waals surface area contributed by atoms with Crippen molar-refractivity contribution in [3.63, 3.8) is 0 Å². The molecular weight excluding hydrogens is 236 g/mol. The molecule has 2 aromatic rings. The summed E-state index contributed by atoms with van der Waals surface area (Å²) in [4.78, 5) is 23.2. The molecule has 0 amide bonds. The minimum atomic E-state index is -0.507. The summed E-state index contributed by atoms with van der Waals surface area (Å²) in [6.07, 6.45) is 0. The lowest BCUT2D eigenvalue weighted by molar-refractivity contribution is 0.0602. The highest BCUT2D eigenvalue weighted by atomic mass is 16.5. The Hall–Kier alpha value is -2.30. The van der Waals surface area contributed by atoms with Gasteiger partial charge < -0.3 is 13.9 Å². The van der Waals surface area contributed by atoms with Crippen LogP contribution in [0.4, 0.5) is 0 Å². The van der Waals surface area contributed by atoms with E-state index in [1.54, 1.807) is 25.1 Å². The van der Waals surface area contributed by atoms with E-state index in [2.05, 4.69) is 0 Å². The second kappa shape index (κ2) is 4.52. The molecule has 1 heterocycles. The molecule has 0 atom stereocenters. The van der Waals surface area contributed by atoms with Crippen molar-refractivity contribution in [2.45, 2.75) is 6.92 Å². The van der Waals surface area contributed by atoms with E-state index in [0.29, 0.717) is 27.8 Å². The summed E-state index contributed by atoms with van der Waals surface area (Å²) in [6, 6.07) is 4.71. The van der Waals surface area contributed by atoms with Gasteiger partial charge in [0.15, 0.2) is 0 Å². The highest BCUT2D eigenvalue weighted by Crippen LogP contribution is 2.25. The number of esters is 1. The summed E-state index contributed by atoms with van der Waals surface area (Å²) in [5.41, 5.74) is 0.591. The normalized spacial score (nSPS) is 10.4. The molecule has 5 heteroatoms. The molecule has 0 bridgehead atoms. The predicted molar refractivity (Wildman–Crippen MR) is 65.1 cm³/mol. The number of benzene rings is 1. The van der Waals surface area contributed by atoms with Crippen molar-refractivity contribution < 1.29 is 18.7 Å². The molecule has 0 aliphatic heterocycles. The number of fused-ring (bicyclic) bond motifs is 1. The fourth-order valence-electron chi connectivity index (χ4n) is 1.69. The van der Waals surface area contributed by atoms with Gasteiger partial charge in [-0.05, 0) is 19.1 Å². The minimum Gasteiger partial charge on any atom is -0.497 e. The average molecular weight is 248 g/mol. The second-order valence-corrected chi connectivity index (χ2v) is 3.80. The molecule has 18 heavy (non-hydrogen) atoms. The SMILES string of the molecule is COC(=O)c1cc(OC)cc2oc(=O)c(C)cc12. The van der Waals surface area contributed by atoms with E-state index in [-0.39, 0.29) is 0 Å². The number of methoxy groups -OCH3 is 2. The Labute approximate surface area is 103 Å². The van der Waals surface area contributed by atoms with E-state index in [1.165, 1.54) is 14.2 Å². The van der Waals surface area contributed by atoms with Gasteiger partial charge in [-0.25, -0.2) is 9.59 Å². The maximum absolute atomic E-state index is 11.7. The van der Waals surface area contributed by atoms with Gasteiger partial charge in [0.1, 0.15) is 11.3 Å². The molecule has 0 aliphatic rings. The van der Waals surface area contributed by atoms with E-state index in [9.17, 15) is 9.59 Å². The number of ether oxygens (including phenoxy) is 2. The maximum Gasteiger partial charge on any atom is 0.339 e. The highest BCUT2D eigenvalue weighted by molar-refractivity contribution is 6.03. The van der Waals surface area contributed by atoms with Crippen LogP contribution < -0.4 is 10.4 Å². The van der Waals surface area contributed by atoms with Crippen molar-refractivity contribution in [2.75, 3.05) is 14.2 Å². The van der Waals surface area contributed by atoms with Crippen molar-refractivity contribution in [3.05, 3.63) is 39.7 Å². The Bertz CT molecular complexity index is 669. The quantitative estimate of drug-likeness (QED) is 0.599. The monoisotopic (exact) mass is 248 g/mol. The van der Waals surface area contributed by atoms with Gasteiger partial charge >= 0.3 is 11.6 Å². The fourth-order valence-corrected chi connectivity index (χ4v) is 1.69. The van der Waals surface area contributed by atoms with Gasteiger partial charge in [-0.1, -0.05) is 0 Å². The van der Waals surface area contributed by atoms with E-state index < -0.39 is 11.6 Å². The number of carbonyl (C=O) groups is 1. The van der Waals surface area contributed by atoms with E-state index >= 15 is 0 Å². The number of hydrogen-bond donors (Lipinski definition) is 0. The van der Waals surface area contributed by atoms with Crippen molar-refractivity contribution >= 4 is 16.9 Å². The average Bonchev–Trinajstić information content (AvgIpc) is 2.38. The maximum atomic E-state index is 11.7. The van der Waals surface area contributed by atoms with Crippen LogP contribution in [0.1, 0.15) is 15.9 Å². The molecule has 0 radical (unpaired) electrons. The van der Waals surface area contributed by atoms with Crippen LogP contribution in [0, 0.1) is 6.92 Å². The molecule has 0 saturated heterocycles. The summed E-state index contributed by atoms with van der Waals surface area (Å²) >= 11 is 0. The van der Waals surface area contributed by atoms with Gasteiger partial charge in [-0.15, -0.1) is 0 Å². The Morgan fingerprint density at radius 1 is 1.22 bits per heavy atom. The second-order valence-electron chi connectivity index (χ2n) is 3.80. The zero-order chi connectivity index (χ0) is 13.3. The third-order valence-electron chi connectivity index (χ3n) is 2.64. The number of carbonyl (C=O) groups excluding carboxylic acids is 1. The van der Waals surface area contributed by atoms with Crippen LogP contribution in [0.2, 0.25) is 0 Å². The summed E-state index contributed by atoms with van der Waals surface area (Å²) in [5.74, 6) is -0.0814. The zero-order valence-corrected chi connectivity index (χ0v) is 10.3. The predicted octanol–water partition coefficient (Wildman–Crippen LogP) is 1.90. The van der Waals surface area contributed by atoms with Crippen LogP contribution in [0.25, 0.3) is 11.0 Å². The lowest BCUT2D eigenvalue weighted by atomic mass is 10.1. The molecule has 0 spiro atoms. The molecule has 0 unspecified atom stereocenters. The summed E-state index contributed by atoms with van der Waals surface area (Å²) in [6.45, 7) is 1.62. The van der Waals surface area contributed by atoms with Crippen LogP contribution >= 0.6 is 0 Å². The smallest absolute Gasteiger partial charge is 0.339 e. The Balaban J connectivity index is 2.85. The standard InChI is InChI=1S/C13H12O5/c1-7-4-9-10(13(15)17-3)5-8(16-2)6-11(9)18-12(7)14/h4-6H,1-3H3. The van der Waals surface area contributed by atoms with Gasteiger partial charge in [0, 0.05) is 17.0 Å².